The molecular weight excluding hydrogens is 394 g/mol. The van der Waals surface area contributed by atoms with Gasteiger partial charge in [0.25, 0.3) is 0 Å². The summed E-state index contributed by atoms with van der Waals surface area (Å²) in [5, 5.41) is 10.1. The molecule has 27 heavy (non-hydrogen) atoms. The summed E-state index contributed by atoms with van der Waals surface area (Å²) in [4.78, 5) is 18.1. The number of hydrogen-bond acceptors (Lipinski definition) is 7. The van der Waals surface area contributed by atoms with Gasteiger partial charge in [-0.15, -0.1) is 28.2 Å². The Morgan fingerprint density at radius 1 is 1.11 bits per heavy atom. The molecule has 0 spiro atoms. The van der Waals surface area contributed by atoms with Crippen molar-refractivity contribution >= 4 is 45.1 Å². The summed E-state index contributed by atoms with van der Waals surface area (Å²) < 4.78 is 0. The molecule has 0 bridgehead atoms. The summed E-state index contributed by atoms with van der Waals surface area (Å²) in [6.07, 6.45) is 3.51. The molecule has 0 radical (unpaired) electrons. The summed E-state index contributed by atoms with van der Waals surface area (Å²) in [5.41, 5.74) is 1.44. The van der Waals surface area contributed by atoms with E-state index in [0.29, 0.717) is 5.16 Å². The molecule has 3 heterocycles. The molecule has 136 valence electrons. The predicted molar refractivity (Wildman–Crippen MR) is 111 cm³/mol. The van der Waals surface area contributed by atoms with E-state index in [-0.39, 0.29) is 0 Å². The van der Waals surface area contributed by atoms with Gasteiger partial charge < -0.3 is 0 Å². The van der Waals surface area contributed by atoms with Gasteiger partial charge in [-0.25, -0.2) is 15.0 Å². The molecule has 5 nitrogen and oxygen atoms in total. The van der Waals surface area contributed by atoms with Crippen molar-refractivity contribution in [3.8, 4) is 0 Å². The summed E-state index contributed by atoms with van der Waals surface area (Å²) >= 11 is 5.13. The Balaban J connectivity index is 1.52. The lowest BCUT2D eigenvalue weighted by Gasteiger charge is -2.06. The maximum absolute atomic E-state index is 4.91. The van der Waals surface area contributed by atoms with E-state index in [1.807, 2.05) is 24.3 Å². The van der Waals surface area contributed by atoms with Gasteiger partial charge in [-0.1, -0.05) is 18.2 Å². The standard InChI is InChI=1S/C19H17N5S3/c1-11-20-19(24-23-11)27-18-16-13-8-5-9-14(13)26-17(16)21-15(22-18)10-25-12-6-3-2-4-7-12/h2-4,6-7H,5,8-10H2,1H3,(H,20,23,24). The highest BCUT2D eigenvalue weighted by atomic mass is 32.2. The third-order valence-electron chi connectivity index (χ3n) is 4.45. The Morgan fingerprint density at radius 2 is 2.00 bits per heavy atom. The number of nitrogens with zero attached hydrogens (tertiary/aromatic N) is 4. The molecule has 1 aromatic carbocycles. The second kappa shape index (κ2) is 7.26. The number of H-pyrrole nitrogens is 1. The van der Waals surface area contributed by atoms with Crippen LogP contribution in [0, 0.1) is 6.92 Å². The van der Waals surface area contributed by atoms with Gasteiger partial charge in [0.2, 0.25) is 5.16 Å². The number of fused-ring (bicyclic) bond motifs is 3. The van der Waals surface area contributed by atoms with E-state index in [1.165, 1.54) is 38.9 Å². The van der Waals surface area contributed by atoms with Gasteiger partial charge >= 0.3 is 0 Å². The van der Waals surface area contributed by atoms with Crippen molar-refractivity contribution in [2.45, 2.75) is 47.0 Å². The van der Waals surface area contributed by atoms with E-state index in [4.69, 9.17) is 9.97 Å². The van der Waals surface area contributed by atoms with Crippen LogP contribution in [0.15, 0.2) is 45.4 Å². The van der Waals surface area contributed by atoms with Gasteiger partial charge in [0, 0.05) is 15.2 Å². The molecule has 3 aromatic heterocycles. The Hall–Kier alpha value is -1.90. The van der Waals surface area contributed by atoms with Crippen molar-refractivity contribution < 1.29 is 0 Å². The van der Waals surface area contributed by atoms with Crippen molar-refractivity contribution in [3.05, 3.63) is 52.4 Å². The second-order valence-electron chi connectivity index (χ2n) is 6.39. The summed E-state index contributed by atoms with van der Waals surface area (Å²) in [6.45, 7) is 1.91. The number of aromatic amines is 1. The third-order valence-corrected chi connectivity index (χ3v) is 7.50. The van der Waals surface area contributed by atoms with E-state index in [2.05, 4.69) is 39.4 Å². The fourth-order valence-electron chi connectivity index (χ4n) is 3.26. The predicted octanol–water partition coefficient (Wildman–Crippen LogP) is 5.05. The highest BCUT2D eigenvalue weighted by molar-refractivity contribution is 7.99. The van der Waals surface area contributed by atoms with Crippen LogP contribution in [0.25, 0.3) is 10.2 Å². The molecule has 1 N–H and O–H groups in total. The number of thiophene rings is 1. The van der Waals surface area contributed by atoms with Crippen LogP contribution in [-0.4, -0.2) is 25.1 Å². The number of benzene rings is 1. The van der Waals surface area contributed by atoms with Crippen LogP contribution in [0.2, 0.25) is 0 Å². The Kier molecular flexibility index (Phi) is 4.63. The van der Waals surface area contributed by atoms with Crippen molar-refractivity contribution in [2.75, 3.05) is 0 Å². The minimum absolute atomic E-state index is 0.715. The highest BCUT2D eigenvalue weighted by Crippen LogP contribution is 2.42. The van der Waals surface area contributed by atoms with Crippen LogP contribution in [-0.2, 0) is 18.6 Å². The largest absolute Gasteiger partial charge is 0.262 e. The van der Waals surface area contributed by atoms with E-state index >= 15 is 0 Å². The number of hydrogen-bond donors (Lipinski definition) is 1. The van der Waals surface area contributed by atoms with Crippen LogP contribution in [0.5, 0.6) is 0 Å². The maximum Gasteiger partial charge on any atom is 0.214 e. The average Bonchev–Trinajstić information content (AvgIpc) is 3.37. The Morgan fingerprint density at radius 3 is 2.81 bits per heavy atom. The fraction of sp³-hybridized carbons (Fsp3) is 0.263. The van der Waals surface area contributed by atoms with E-state index in [9.17, 15) is 0 Å². The maximum atomic E-state index is 4.91. The van der Waals surface area contributed by atoms with Crippen molar-refractivity contribution in [1.29, 1.82) is 0 Å². The zero-order valence-electron chi connectivity index (χ0n) is 14.7. The van der Waals surface area contributed by atoms with Gasteiger partial charge in [-0.3, -0.25) is 5.10 Å². The van der Waals surface area contributed by atoms with Crippen molar-refractivity contribution in [1.82, 2.24) is 25.1 Å². The van der Waals surface area contributed by atoms with Crippen molar-refractivity contribution in [3.63, 3.8) is 0 Å². The highest BCUT2D eigenvalue weighted by Gasteiger charge is 2.23. The average molecular weight is 412 g/mol. The first-order valence-electron chi connectivity index (χ1n) is 8.82. The lowest BCUT2D eigenvalue weighted by Crippen LogP contribution is -1.96. The summed E-state index contributed by atoms with van der Waals surface area (Å²) in [6, 6.07) is 10.4. The number of aryl methyl sites for hydroxylation is 3. The molecule has 1 aliphatic carbocycles. The molecule has 0 unspecified atom stereocenters. The first kappa shape index (κ1) is 17.2. The van der Waals surface area contributed by atoms with Gasteiger partial charge in [0.05, 0.1) is 5.75 Å². The third kappa shape index (κ3) is 3.49. The molecule has 4 aromatic rings. The fourth-order valence-corrected chi connectivity index (χ4v) is 6.30. The molecule has 8 heteroatoms. The monoisotopic (exact) mass is 411 g/mol. The zero-order valence-corrected chi connectivity index (χ0v) is 17.2. The molecule has 0 amide bonds. The first-order valence-corrected chi connectivity index (χ1v) is 11.4. The number of nitrogens with one attached hydrogen (secondary N) is 1. The number of aromatic nitrogens is 5. The molecule has 0 fully saturated rings. The lowest BCUT2D eigenvalue weighted by molar-refractivity contribution is 0.913. The molecule has 0 saturated carbocycles. The second-order valence-corrected chi connectivity index (χ2v) is 9.48. The van der Waals surface area contributed by atoms with Gasteiger partial charge in [0.1, 0.15) is 21.5 Å². The number of rotatable bonds is 5. The zero-order chi connectivity index (χ0) is 18.2. The Labute approximate surface area is 169 Å². The van der Waals surface area contributed by atoms with E-state index in [0.717, 1.165) is 40.1 Å². The van der Waals surface area contributed by atoms with Crippen LogP contribution < -0.4 is 0 Å². The van der Waals surface area contributed by atoms with Crippen LogP contribution in [0.4, 0.5) is 0 Å². The Bertz CT molecular complexity index is 1100. The van der Waals surface area contributed by atoms with Crippen LogP contribution in [0.1, 0.15) is 28.5 Å². The molecule has 0 aliphatic heterocycles. The van der Waals surface area contributed by atoms with Gasteiger partial charge in [-0.2, -0.15) is 0 Å². The lowest BCUT2D eigenvalue weighted by atomic mass is 10.2. The quantitative estimate of drug-likeness (QED) is 0.366. The normalized spacial score (nSPS) is 13.4. The molecule has 0 saturated heterocycles. The van der Waals surface area contributed by atoms with E-state index < -0.39 is 0 Å². The smallest absolute Gasteiger partial charge is 0.214 e. The van der Waals surface area contributed by atoms with Gasteiger partial charge in [-0.05, 0) is 55.6 Å². The van der Waals surface area contributed by atoms with Crippen LogP contribution in [0.3, 0.4) is 0 Å². The molecule has 5 rings (SSSR count). The van der Waals surface area contributed by atoms with Crippen molar-refractivity contribution in [2.24, 2.45) is 0 Å². The summed E-state index contributed by atoms with van der Waals surface area (Å²) in [7, 11) is 0. The molecule has 0 atom stereocenters. The minimum atomic E-state index is 0.715. The van der Waals surface area contributed by atoms with Crippen LogP contribution >= 0.6 is 34.9 Å². The first-order chi connectivity index (χ1) is 13.3. The number of thioether (sulfide) groups is 1. The topological polar surface area (TPSA) is 67.3 Å². The molecular formula is C19H17N5S3. The van der Waals surface area contributed by atoms with Gasteiger partial charge in [0.15, 0.2) is 0 Å². The minimum Gasteiger partial charge on any atom is -0.262 e. The summed E-state index contributed by atoms with van der Waals surface area (Å²) in [5.74, 6) is 2.44. The molecule has 1 aliphatic rings. The SMILES string of the molecule is Cc1nc(Sc2nc(CSc3ccccc3)nc3sc4c(c23)CCC4)n[nH]1. The van der Waals surface area contributed by atoms with E-state index in [1.54, 1.807) is 11.8 Å².